The first kappa shape index (κ1) is 14.2. The molecule has 1 spiro atoms. The summed E-state index contributed by atoms with van der Waals surface area (Å²) in [5.74, 6) is 0.933. The quantitative estimate of drug-likeness (QED) is 0.856. The van der Waals surface area contributed by atoms with Crippen molar-refractivity contribution in [3.05, 3.63) is 35.4 Å². The monoisotopic (exact) mass is 300 g/mol. The van der Waals surface area contributed by atoms with Gasteiger partial charge in [0.1, 0.15) is 6.10 Å². The number of hydrogen-bond donors (Lipinski definition) is 0. The van der Waals surface area contributed by atoms with Crippen LogP contribution in [0.15, 0.2) is 24.3 Å². The third-order valence-corrected chi connectivity index (χ3v) is 5.42. The zero-order chi connectivity index (χ0) is 15.3. The number of carbonyl (C=O) groups is 1. The predicted octanol–water partition coefficient (Wildman–Crippen LogP) is 1.98. The van der Waals surface area contributed by atoms with E-state index in [1.54, 1.807) is 19.0 Å². The van der Waals surface area contributed by atoms with Crippen molar-refractivity contribution in [2.75, 3.05) is 27.2 Å². The van der Waals surface area contributed by atoms with Crippen molar-refractivity contribution in [3.63, 3.8) is 0 Å². The van der Waals surface area contributed by atoms with Crippen molar-refractivity contribution in [3.8, 4) is 0 Å². The molecule has 1 aromatic carbocycles. The Labute approximate surface area is 132 Å². The second-order valence-corrected chi connectivity index (χ2v) is 7.25. The SMILES string of the molecule is CN(C)C(=O)[C@@H]1C[C@]2(CO1)c1ccccc1CN2CC1CC1. The maximum atomic E-state index is 12.3. The maximum Gasteiger partial charge on any atom is 0.251 e. The summed E-state index contributed by atoms with van der Waals surface area (Å²) in [4.78, 5) is 16.6. The van der Waals surface area contributed by atoms with Gasteiger partial charge in [-0.25, -0.2) is 0 Å². The van der Waals surface area contributed by atoms with Gasteiger partial charge in [0.15, 0.2) is 0 Å². The van der Waals surface area contributed by atoms with E-state index >= 15 is 0 Å². The van der Waals surface area contributed by atoms with E-state index in [1.807, 2.05) is 0 Å². The van der Waals surface area contributed by atoms with Crippen molar-refractivity contribution in [1.29, 1.82) is 0 Å². The van der Waals surface area contributed by atoms with Crippen LogP contribution in [0.5, 0.6) is 0 Å². The third kappa shape index (κ3) is 2.17. The Morgan fingerprint density at radius 3 is 2.86 bits per heavy atom. The molecule has 0 bridgehead atoms. The fraction of sp³-hybridized carbons (Fsp3) is 0.611. The molecule has 118 valence electrons. The molecule has 2 fully saturated rings. The largest absolute Gasteiger partial charge is 0.366 e. The van der Waals surface area contributed by atoms with E-state index < -0.39 is 0 Å². The number of carbonyl (C=O) groups excluding carboxylic acids is 1. The number of nitrogens with zero attached hydrogens (tertiary/aromatic N) is 2. The van der Waals surface area contributed by atoms with Gasteiger partial charge in [-0.1, -0.05) is 24.3 Å². The smallest absolute Gasteiger partial charge is 0.251 e. The fourth-order valence-corrected chi connectivity index (χ4v) is 4.01. The fourth-order valence-electron chi connectivity index (χ4n) is 4.01. The average Bonchev–Trinajstić information content (AvgIpc) is 3.14. The van der Waals surface area contributed by atoms with Crippen LogP contribution in [-0.4, -0.2) is 49.1 Å². The summed E-state index contributed by atoms with van der Waals surface area (Å²) in [5, 5.41) is 0. The predicted molar refractivity (Wildman–Crippen MR) is 84.3 cm³/mol. The molecule has 0 N–H and O–H groups in total. The lowest BCUT2D eigenvalue weighted by Crippen LogP contribution is -2.43. The van der Waals surface area contributed by atoms with Crippen LogP contribution in [0.2, 0.25) is 0 Å². The number of amides is 1. The highest BCUT2D eigenvalue weighted by molar-refractivity contribution is 5.81. The topological polar surface area (TPSA) is 32.8 Å². The highest BCUT2D eigenvalue weighted by Crippen LogP contribution is 2.48. The van der Waals surface area contributed by atoms with Gasteiger partial charge in [-0.3, -0.25) is 9.69 Å². The molecular formula is C18H24N2O2. The Kier molecular flexibility index (Phi) is 3.27. The molecular weight excluding hydrogens is 276 g/mol. The molecule has 4 heteroatoms. The van der Waals surface area contributed by atoms with Gasteiger partial charge in [0.25, 0.3) is 5.91 Å². The summed E-state index contributed by atoms with van der Waals surface area (Å²) in [5.41, 5.74) is 2.70. The molecule has 1 amide bonds. The molecule has 22 heavy (non-hydrogen) atoms. The van der Waals surface area contributed by atoms with Gasteiger partial charge in [0, 0.05) is 33.6 Å². The van der Waals surface area contributed by atoms with E-state index in [1.165, 1.54) is 24.0 Å². The molecule has 0 radical (unpaired) electrons. The Morgan fingerprint density at radius 1 is 1.36 bits per heavy atom. The molecule has 2 aliphatic heterocycles. The average molecular weight is 300 g/mol. The standard InChI is InChI=1S/C18H24N2O2/c1-19(2)17(21)16-9-18(12-22-16)15-6-4-3-5-14(15)11-20(18)10-13-7-8-13/h3-6,13,16H,7-12H2,1-2H3/t16-,18-/m0/s1. The van der Waals surface area contributed by atoms with Crippen LogP contribution in [-0.2, 0) is 21.6 Å². The highest BCUT2D eigenvalue weighted by atomic mass is 16.5. The zero-order valence-electron chi connectivity index (χ0n) is 13.4. The van der Waals surface area contributed by atoms with Crippen molar-refractivity contribution in [1.82, 2.24) is 9.80 Å². The minimum Gasteiger partial charge on any atom is -0.366 e. The minimum atomic E-state index is -0.303. The molecule has 4 rings (SSSR count). The number of ether oxygens (including phenoxy) is 1. The first-order chi connectivity index (χ1) is 10.6. The maximum absolute atomic E-state index is 12.3. The van der Waals surface area contributed by atoms with E-state index in [0.29, 0.717) is 6.61 Å². The van der Waals surface area contributed by atoms with E-state index in [-0.39, 0.29) is 17.6 Å². The van der Waals surface area contributed by atoms with E-state index in [2.05, 4.69) is 29.2 Å². The third-order valence-electron chi connectivity index (χ3n) is 5.42. The van der Waals surface area contributed by atoms with Gasteiger partial charge in [0.05, 0.1) is 12.1 Å². The molecule has 0 aromatic heterocycles. The Morgan fingerprint density at radius 2 is 2.14 bits per heavy atom. The highest BCUT2D eigenvalue weighted by Gasteiger charge is 2.53. The van der Waals surface area contributed by atoms with Crippen molar-refractivity contribution < 1.29 is 9.53 Å². The Bertz CT molecular complexity index is 597. The molecule has 4 nitrogen and oxygen atoms in total. The number of rotatable bonds is 3. The molecule has 0 unspecified atom stereocenters. The molecule has 2 heterocycles. The van der Waals surface area contributed by atoms with Gasteiger partial charge in [-0.05, 0) is 29.9 Å². The second-order valence-electron chi connectivity index (χ2n) is 7.25. The van der Waals surface area contributed by atoms with Crippen LogP contribution < -0.4 is 0 Å². The Hall–Kier alpha value is -1.39. The van der Waals surface area contributed by atoms with Gasteiger partial charge < -0.3 is 9.64 Å². The first-order valence-electron chi connectivity index (χ1n) is 8.26. The normalized spacial score (nSPS) is 30.7. The van der Waals surface area contributed by atoms with E-state index in [9.17, 15) is 4.79 Å². The molecule has 1 aliphatic carbocycles. The van der Waals surface area contributed by atoms with E-state index in [0.717, 1.165) is 25.4 Å². The summed E-state index contributed by atoms with van der Waals surface area (Å²) in [6, 6.07) is 8.69. The number of likely N-dealkylation sites (N-methyl/N-ethyl adjacent to an activating group) is 1. The molecule has 2 atom stereocenters. The van der Waals surface area contributed by atoms with Gasteiger partial charge in [-0.2, -0.15) is 0 Å². The molecule has 1 saturated carbocycles. The van der Waals surface area contributed by atoms with Crippen molar-refractivity contribution in [2.45, 2.75) is 37.5 Å². The van der Waals surface area contributed by atoms with Crippen LogP contribution in [0.4, 0.5) is 0 Å². The minimum absolute atomic E-state index is 0.0878. The van der Waals surface area contributed by atoms with Crippen LogP contribution >= 0.6 is 0 Å². The number of fused-ring (bicyclic) bond motifs is 2. The van der Waals surface area contributed by atoms with Crippen LogP contribution in [0.1, 0.15) is 30.4 Å². The van der Waals surface area contributed by atoms with Crippen LogP contribution in [0.25, 0.3) is 0 Å². The van der Waals surface area contributed by atoms with E-state index in [4.69, 9.17) is 4.74 Å². The zero-order valence-corrected chi connectivity index (χ0v) is 13.4. The Balaban J connectivity index is 1.65. The molecule has 1 saturated heterocycles. The van der Waals surface area contributed by atoms with Crippen molar-refractivity contribution in [2.24, 2.45) is 5.92 Å². The van der Waals surface area contributed by atoms with Gasteiger partial charge in [-0.15, -0.1) is 0 Å². The molecule has 3 aliphatic rings. The molecule has 1 aromatic rings. The number of hydrogen-bond acceptors (Lipinski definition) is 3. The summed E-state index contributed by atoms with van der Waals surface area (Å²) in [7, 11) is 3.61. The summed E-state index contributed by atoms with van der Waals surface area (Å²) in [6.45, 7) is 2.78. The lowest BCUT2D eigenvalue weighted by Gasteiger charge is -2.35. The number of benzene rings is 1. The van der Waals surface area contributed by atoms with Gasteiger partial charge >= 0.3 is 0 Å². The van der Waals surface area contributed by atoms with Crippen LogP contribution in [0, 0.1) is 5.92 Å². The summed E-state index contributed by atoms with van der Waals surface area (Å²) < 4.78 is 5.97. The van der Waals surface area contributed by atoms with Gasteiger partial charge in [0.2, 0.25) is 0 Å². The lowest BCUT2D eigenvalue weighted by atomic mass is 9.86. The first-order valence-corrected chi connectivity index (χ1v) is 8.26. The van der Waals surface area contributed by atoms with Crippen LogP contribution in [0.3, 0.4) is 0 Å². The second kappa shape index (κ2) is 5.07. The van der Waals surface area contributed by atoms with Crippen molar-refractivity contribution >= 4 is 5.91 Å². The summed E-state index contributed by atoms with van der Waals surface area (Å²) in [6.07, 6.45) is 3.18. The lowest BCUT2D eigenvalue weighted by molar-refractivity contribution is -0.138. The summed E-state index contributed by atoms with van der Waals surface area (Å²) >= 11 is 0.